The van der Waals surface area contributed by atoms with Crippen molar-refractivity contribution in [1.82, 2.24) is 14.8 Å². The number of nitrogens with zero attached hydrogens (tertiary/aromatic N) is 3. The molecule has 0 spiro atoms. The second-order valence-corrected chi connectivity index (χ2v) is 8.52. The predicted octanol–water partition coefficient (Wildman–Crippen LogP) is 4.37. The third kappa shape index (κ3) is 4.60. The number of anilines is 1. The Balaban J connectivity index is 1.48. The molecular formula is C22H26N4O3S. The molecule has 7 nitrogen and oxygen atoms in total. The van der Waals surface area contributed by atoms with Crippen LogP contribution in [0.25, 0.3) is 11.4 Å². The van der Waals surface area contributed by atoms with Gasteiger partial charge >= 0.3 is 0 Å². The van der Waals surface area contributed by atoms with Gasteiger partial charge in [0.15, 0.2) is 11.0 Å². The number of carbonyl (C=O) groups is 1. The highest BCUT2D eigenvalue weighted by molar-refractivity contribution is 7.99. The number of aromatic nitrogens is 3. The smallest absolute Gasteiger partial charge is 0.234 e. The Morgan fingerprint density at radius 3 is 2.80 bits per heavy atom. The summed E-state index contributed by atoms with van der Waals surface area (Å²) in [6.45, 7) is 7.44. The van der Waals surface area contributed by atoms with E-state index in [0.717, 1.165) is 47.8 Å². The summed E-state index contributed by atoms with van der Waals surface area (Å²) in [5.41, 5.74) is 4.06. The minimum absolute atomic E-state index is 0.0732. The largest absolute Gasteiger partial charge is 0.469 e. The van der Waals surface area contributed by atoms with E-state index in [2.05, 4.69) is 22.4 Å². The van der Waals surface area contributed by atoms with Crippen molar-refractivity contribution in [2.75, 3.05) is 17.7 Å². The van der Waals surface area contributed by atoms with Crippen LogP contribution in [0, 0.1) is 20.8 Å². The van der Waals surface area contributed by atoms with Crippen LogP contribution in [0.15, 0.2) is 40.1 Å². The zero-order valence-electron chi connectivity index (χ0n) is 17.5. The predicted molar refractivity (Wildman–Crippen MR) is 117 cm³/mol. The van der Waals surface area contributed by atoms with E-state index in [0.29, 0.717) is 11.7 Å². The van der Waals surface area contributed by atoms with E-state index < -0.39 is 0 Å². The summed E-state index contributed by atoms with van der Waals surface area (Å²) in [5.74, 6) is 1.71. The Bertz CT molecular complexity index is 1040. The lowest BCUT2D eigenvalue weighted by atomic mass is 10.1. The van der Waals surface area contributed by atoms with Gasteiger partial charge in [-0.05, 0) is 62.9 Å². The SMILES string of the molecule is Cc1ccc(NC(=O)CSc2nnc(-c3ccoc3C)n2CC2CCCO2)cc1C. The van der Waals surface area contributed by atoms with E-state index in [9.17, 15) is 4.79 Å². The number of ether oxygens (including phenoxy) is 1. The van der Waals surface area contributed by atoms with Gasteiger partial charge in [-0.1, -0.05) is 17.8 Å². The van der Waals surface area contributed by atoms with E-state index in [1.165, 1.54) is 17.3 Å². The summed E-state index contributed by atoms with van der Waals surface area (Å²) in [6, 6.07) is 7.81. The zero-order chi connectivity index (χ0) is 21.1. The van der Waals surface area contributed by atoms with Crippen molar-refractivity contribution < 1.29 is 13.9 Å². The van der Waals surface area contributed by atoms with Crippen molar-refractivity contribution in [3.63, 3.8) is 0 Å². The summed E-state index contributed by atoms with van der Waals surface area (Å²) in [5, 5.41) is 12.4. The topological polar surface area (TPSA) is 82.2 Å². The van der Waals surface area contributed by atoms with Crippen LogP contribution in [0.4, 0.5) is 5.69 Å². The zero-order valence-corrected chi connectivity index (χ0v) is 18.3. The molecule has 1 atom stereocenters. The third-order valence-electron chi connectivity index (χ3n) is 5.35. The summed E-state index contributed by atoms with van der Waals surface area (Å²) in [6.07, 6.45) is 3.86. The second kappa shape index (κ2) is 9.06. The number of furan rings is 1. The number of thioether (sulfide) groups is 1. The van der Waals surface area contributed by atoms with Gasteiger partial charge in [0.25, 0.3) is 0 Å². The van der Waals surface area contributed by atoms with E-state index in [-0.39, 0.29) is 17.8 Å². The standard InChI is InChI=1S/C22H26N4O3S/c1-14-6-7-17(11-15(14)2)23-20(27)13-30-22-25-24-21(19-8-10-28-16(19)3)26(22)12-18-5-4-9-29-18/h6-8,10-11,18H,4-5,9,12-13H2,1-3H3,(H,23,27). The lowest BCUT2D eigenvalue weighted by Crippen LogP contribution is -2.18. The molecule has 30 heavy (non-hydrogen) atoms. The average Bonchev–Trinajstić information content (AvgIpc) is 3.46. The third-order valence-corrected chi connectivity index (χ3v) is 6.32. The van der Waals surface area contributed by atoms with Crippen LogP contribution in [-0.2, 0) is 16.1 Å². The van der Waals surface area contributed by atoms with E-state index in [1.807, 2.05) is 42.7 Å². The van der Waals surface area contributed by atoms with Crippen LogP contribution < -0.4 is 5.32 Å². The number of hydrogen-bond donors (Lipinski definition) is 1. The normalized spacial score (nSPS) is 16.2. The number of carbonyl (C=O) groups excluding carboxylic acids is 1. The molecular weight excluding hydrogens is 400 g/mol. The first-order valence-corrected chi connectivity index (χ1v) is 11.1. The average molecular weight is 427 g/mol. The van der Waals surface area contributed by atoms with Gasteiger partial charge in [0, 0.05) is 12.3 Å². The van der Waals surface area contributed by atoms with Crippen molar-refractivity contribution >= 4 is 23.4 Å². The van der Waals surface area contributed by atoms with Gasteiger partial charge in [0.2, 0.25) is 5.91 Å². The molecule has 1 aliphatic rings. The molecule has 0 radical (unpaired) electrons. The fourth-order valence-corrected chi connectivity index (χ4v) is 4.26. The quantitative estimate of drug-likeness (QED) is 0.565. The first-order valence-electron chi connectivity index (χ1n) is 10.1. The minimum atomic E-state index is -0.0732. The van der Waals surface area contributed by atoms with Crippen LogP contribution >= 0.6 is 11.8 Å². The van der Waals surface area contributed by atoms with Crippen molar-refractivity contribution in [3.05, 3.63) is 47.4 Å². The molecule has 0 bridgehead atoms. The summed E-state index contributed by atoms with van der Waals surface area (Å²) >= 11 is 1.38. The van der Waals surface area contributed by atoms with Crippen LogP contribution in [0.3, 0.4) is 0 Å². The van der Waals surface area contributed by atoms with E-state index in [4.69, 9.17) is 9.15 Å². The van der Waals surface area contributed by atoms with Crippen LogP contribution in [0.5, 0.6) is 0 Å². The molecule has 4 rings (SSSR count). The number of benzene rings is 1. The Morgan fingerprint density at radius 2 is 2.10 bits per heavy atom. The summed E-state index contributed by atoms with van der Waals surface area (Å²) in [4.78, 5) is 12.5. The van der Waals surface area contributed by atoms with Crippen molar-refractivity contribution in [2.45, 2.75) is 51.4 Å². The monoisotopic (exact) mass is 426 g/mol. The van der Waals surface area contributed by atoms with Crippen molar-refractivity contribution in [2.24, 2.45) is 0 Å². The van der Waals surface area contributed by atoms with Crippen LogP contribution in [0.1, 0.15) is 29.7 Å². The van der Waals surface area contributed by atoms with E-state index in [1.54, 1.807) is 6.26 Å². The molecule has 0 saturated carbocycles. The van der Waals surface area contributed by atoms with Gasteiger partial charge in [-0.15, -0.1) is 10.2 Å². The molecule has 1 fully saturated rings. The molecule has 1 N–H and O–H groups in total. The first-order chi connectivity index (χ1) is 14.5. The summed E-state index contributed by atoms with van der Waals surface area (Å²) < 4.78 is 13.3. The lowest BCUT2D eigenvalue weighted by Gasteiger charge is -2.14. The Hall–Kier alpha value is -2.58. The minimum Gasteiger partial charge on any atom is -0.469 e. The van der Waals surface area contributed by atoms with Crippen LogP contribution in [0.2, 0.25) is 0 Å². The van der Waals surface area contributed by atoms with Crippen molar-refractivity contribution in [3.8, 4) is 11.4 Å². The fraction of sp³-hybridized carbons (Fsp3) is 0.409. The highest BCUT2D eigenvalue weighted by Crippen LogP contribution is 2.29. The van der Waals surface area contributed by atoms with Gasteiger partial charge in [0.05, 0.1) is 30.2 Å². The van der Waals surface area contributed by atoms with Crippen molar-refractivity contribution in [1.29, 1.82) is 0 Å². The number of aryl methyl sites for hydroxylation is 3. The molecule has 1 aliphatic heterocycles. The molecule has 3 heterocycles. The number of nitrogens with one attached hydrogen (secondary N) is 1. The second-order valence-electron chi connectivity index (χ2n) is 7.58. The maximum absolute atomic E-state index is 12.5. The fourth-order valence-electron chi connectivity index (χ4n) is 3.51. The number of rotatable bonds is 7. The van der Waals surface area contributed by atoms with E-state index >= 15 is 0 Å². The van der Waals surface area contributed by atoms with Crippen LogP contribution in [-0.4, -0.2) is 39.1 Å². The molecule has 158 valence electrons. The van der Waals surface area contributed by atoms with Gasteiger partial charge in [-0.25, -0.2) is 0 Å². The number of hydrogen-bond acceptors (Lipinski definition) is 6. The highest BCUT2D eigenvalue weighted by Gasteiger charge is 2.23. The molecule has 1 unspecified atom stereocenters. The molecule has 3 aromatic rings. The van der Waals surface area contributed by atoms with Gasteiger partial charge in [-0.2, -0.15) is 0 Å². The molecule has 1 amide bonds. The first kappa shape index (κ1) is 20.7. The number of amides is 1. The maximum Gasteiger partial charge on any atom is 0.234 e. The highest BCUT2D eigenvalue weighted by atomic mass is 32.2. The Labute approximate surface area is 180 Å². The molecule has 1 saturated heterocycles. The van der Waals surface area contributed by atoms with Gasteiger partial charge in [0.1, 0.15) is 5.76 Å². The Kier molecular flexibility index (Phi) is 6.24. The molecule has 2 aromatic heterocycles. The lowest BCUT2D eigenvalue weighted by molar-refractivity contribution is -0.113. The molecule has 1 aromatic carbocycles. The summed E-state index contributed by atoms with van der Waals surface area (Å²) in [7, 11) is 0. The molecule has 8 heteroatoms. The maximum atomic E-state index is 12.5. The Morgan fingerprint density at radius 1 is 1.23 bits per heavy atom. The van der Waals surface area contributed by atoms with Gasteiger partial charge in [-0.3, -0.25) is 9.36 Å². The van der Waals surface area contributed by atoms with Gasteiger partial charge < -0.3 is 14.5 Å². The molecule has 0 aliphatic carbocycles.